The number of piperidine rings is 1. The zero-order valence-corrected chi connectivity index (χ0v) is 14.7. The molecule has 1 aliphatic heterocycles. The van der Waals surface area contributed by atoms with Gasteiger partial charge in [-0.3, -0.25) is 9.69 Å². The van der Waals surface area contributed by atoms with Crippen molar-refractivity contribution in [1.82, 2.24) is 19.9 Å². The number of hydrogen-bond donors (Lipinski definition) is 1. The lowest BCUT2D eigenvalue weighted by atomic mass is 9.93. The van der Waals surface area contributed by atoms with Crippen molar-refractivity contribution in [3.8, 4) is 5.69 Å². The Balaban J connectivity index is 1.76. The van der Waals surface area contributed by atoms with E-state index in [-0.39, 0.29) is 5.92 Å². The minimum Gasteiger partial charge on any atom is -0.481 e. The van der Waals surface area contributed by atoms with Gasteiger partial charge in [-0.05, 0) is 31.9 Å². The summed E-state index contributed by atoms with van der Waals surface area (Å²) in [6.45, 7) is 3.20. The first-order chi connectivity index (χ1) is 11.5. The van der Waals surface area contributed by atoms with Crippen LogP contribution in [0.15, 0.2) is 24.4 Å². The van der Waals surface area contributed by atoms with Gasteiger partial charge >= 0.3 is 5.97 Å². The highest BCUT2D eigenvalue weighted by atomic mass is 35.5. The number of benzene rings is 1. The first kappa shape index (κ1) is 17.2. The molecule has 1 N–H and O–H groups in total. The van der Waals surface area contributed by atoms with Crippen molar-refractivity contribution in [2.24, 2.45) is 5.92 Å². The van der Waals surface area contributed by atoms with Gasteiger partial charge in [-0.25, -0.2) is 4.68 Å². The average molecular weight is 369 g/mol. The number of carbonyl (C=O) groups is 1. The molecule has 0 amide bonds. The van der Waals surface area contributed by atoms with Crippen molar-refractivity contribution in [1.29, 1.82) is 0 Å². The van der Waals surface area contributed by atoms with Crippen LogP contribution < -0.4 is 0 Å². The Morgan fingerprint density at radius 3 is 2.92 bits per heavy atom. The first-order valence-corrected chi connectivity index (χ1v) is 8.53. The minimum atomic E-state index is -0.735. The van der Waals surface area contributed by atoms with E-state index < -0.39 is 5.97 Å². The van der Waals surface area contributed by atoms with Crippen molar-refractivity contribution in [2.75, 3.05) is 6.54 Å². The number of aromatic nitrogens is 3. The molecule has 2 unspecified atom stereocenters. The number of carboxylic acid groups (broad SMARTS) is 1. The van der Waals surface area contributed by atoms with Crippen LogP contribution in [0.4, 0.5) is 0 Å². The van der Waals surface area contributed by atoms with Crippen LogP contribution in [0.5, 0.6) is 0 Å². The topological polar surface area (TPSA) is 71.2 Å². The molecule has 0 spiro atoms. The van der Waals surface area contributed by atoms with Gasteiger partial charge in [0.1, 0.15) is 0 Å². The third kappa shape index (κ3) is 3.55. The molecule has 1 aliphatic rings. The molecule has 8 heteroatoms. The van der Waals surface area contributed by atoms with Gasteiger partial charge in [-0.15, -0.1) is 5.10 Å². The number of carboxylic acids is 1. The largest absolute Gasteiger partial charge is 0.481 e. The van der Waals surface area contributed by atoms with Crippen LogP contribution in [0.3, 0.4) is 0 Å². The average Bonchev–Trinajstić information content (AvgIpc) is 3.00. The third-order valence-electron chi connectivity index (χ3n) is 4.44. The lowest BCUT2D eigenvalue weighted by Crippen LogP contribution is -2.43. The van der Waals surface area contributed by atoms with Gasteiger partial charge in [-0.1, -0.05) is 34.5 Å². The molecule has 24 heavy (non-hydrogen) atoms. The second kappa shape index (κ2) is 7.09. The van der Waals surface area contributed by atoms with E-state index >= 15 is 0 Å². The van der Waals surface area contributed by atoms with Gasteiger partial charge in [0.15, 0.2) is 0 Å². The van der Waals surface area contributed by atoms with Crippen LogP contribution in [-0.4, -0.2) is 43.6 Å². The summed E-state index contributed by atoms with van der Waals surface area (Å²) in [6.07, 6.45) is 3.39. The minimum absolute atomic E-state index is 0.320. The molecular formula is C16H18Cl2N4O2. The summed E-state index contributed by atoms with van der Waals surface area (Å²) in [4.78, 5) is 13.4. The lowest BCUT2D eigenvalue weighted by Gasteiger charge is -2.35. The molecule has 2 atom stereocenters. The summed E-state index contributed by atoms with van der Waals surface area (Å²) < 4.78 is 1.59. The van der Waals surface area contributed by atoms with E-state index in [1.807, 2.05) is 6.07 Å². The second-order valence-corrected chi connectivity index (χ2v) is 6.90. The first-order valence-electron chi connectivity index (χ1n) is 7.78. The number of likely N-dealkylation sites (tertiary alicyclic amines) is 1. The van der Waals surface area contributed by atoms with E-state index in [1.165, 1.54) is 0 Å². The van der Waals surface area contributed by atoms with Gasteiger partial charge in [0.25, 0.3) is 0 Å². The molecule has 128 valence electrons. The molecule has 1 fully saturated rings. The molecule has 3 rings (SSSR count). The molecular weight excluding hydrogens is 351 g/mol. The molecule has 0 radical (unpaired) electrons. The van der Waals surface area contributed by atoms with Crippen molar-refractivity contribution < 1.29 is 9.90 Å². The number of nitrogens with zero attached hydrogens (tertiary/aromatic N) is 4. The van der Waals surface area contributed by atoms with E-state index in [0.29, 0.717) is 34.9 Å². The van der Waals surface area contributed by atoms with Gasteiger partial charge in [0.05, 0.1) is 33.5 Å². The van der Waals surface area contributed by atoms with Crippen LogP contribution in [0.25, 0.3) is 5.69 Å². The zero-order valence-electron chi connectivity index (χ0n) is 13.2. The Morgan fingerprint density at radius 1 is 1.38 bits per heavy atom. The maximum atomic E-state index is 11.2. The number of hydrogen-bond acceptors (Lipinski definition) is 4. The van der Waals surface area contributed by atoms with Crippen LogP contribution in [0.1, 0.15) is 25.5 Å². The summed E-state index contributed by atoms with van der Waals surface area (Å²) >= 11 is 12.2. The molecule has 1 aromatic carbocycles. The fraction of sp³-hybridized carbons (Fsp3) is 0.438. The number of aliphatic carboxylic acids is 1. The highest BCUT2D eigenvalue weighted by Crippen LogP contribution is 2.28. The Morgan fingerprint density at radius 2 is 2.17 bits per heavy atom. The highest BCUT2D eigenvalue weighted by Gasteiger charge is 2.30. The Hall–Kier alpha value is -1.63. The van der Waals surface area contributed by atoms with Crippen LogP contribution in [-0.2, 0) is 11.3 Å². The molecule has 0 bridgehead atoms. The van der Waals surface area contributed by atoms with E-state index in [2.05, 4.69) is 22.1 Å². The van der Waals surface area contributed by atoms with Crippen LogP contribution >= 0.6 is 23.2 Å². The van der Waals surface area contributed by atoms with Gasteiger partial charge in [0, 0.05) is 19.1 Å². The predicted molar refractivity (Wildman–Crippen MR) is 91.6 cm³/mol. The van der Waals surface area contributed by atoms with Crippen LogP contribution in [0.2, 0.25) is 10.0 Å². The van der Waals surface area contributed by atoms with E-state index in [0.717, 1.165) is 18.5 Å². The summed E-state index contributed by atoms with van der Waals surface area (Å²) in [5, 5.41) is 18.4. The van der Waals surface area contributed by atoms with Crippen molar-refractivity contribution in [3.63, 3.8) is 0 Å². The predicted octanol–water partition coefficient (Wildman–Crippen LogP) is 3.26. The normalized spacial score (nSPS) is 21.8. The van der Waals surface area contributed by atoms with Gasteiger partial charge in [-0.2, -0.15) is 0 Å². The monoisotopic (exact) mass is 368 g/mol. The quantitative estimate of drug-likeness (QED) is 0.896. The maximum absolute atomic E-state index is 11.2. The van der Waals surface area contributed by atoms with E-state index in [1.54, 1.807) is 23.0 Å². The lowest BCUT2D eigenvalue weighted by molar-refractivity contribution is -0.144. The van der Waals surface area contributed by atoms with Crippen molar-refractivity contribution >= 4 is 29.2 Å². The smallest absolute Gasteiger partial charge is 0.307 e. The summed E-state index contributed by atoms with van der Waals surface area (Å²) in [5.41, 5.74) is 1.43. The maximum Gasteiger partial charge on any atom is 0.307 e. The summed E-state index contributed by atoms with van der Waals surface area (Å²) in [5.74, 6) is -1.06. The summed E-state index contributed by atoms with van der Waals surface area (Å²) in [7, 11) is 0. The molecule has 2 aromatic rings. The molecule has 1 saturated heterocycles. The molecule has 0 saturated carbocycles. The number of rotatable bonds is 4. The molecule has 0 aliphatic carbocycles. The summed E-state index contributed by atoms with van der Waals surface area (Å²) in [6, 6.07) is 5.65. The van der Waals surface area contributed by atoms with Crippen molar-refractivity contribution in [3.05, 3.63) is 40.1 Å². The Kier molecular flexibility index (Phi) is 5.08. The molecule has 6 nitrogen and oxygen atoms in total. The van der Waals surface area contributed by atoms with Crippen molar-refractivity contribution in [2.45, 2.75) is 32.4 Å². The number of halogens is 2. The fourth-order valence-electron chi connectivity index (χ4n) is 2.97. The second-order valence-electron chi connectivity index (χ2n) is 6.12. The third-order valence-corrected chi connectivity index (χ3v) is 5.25. The van der Waals surface area contributed by atoms with Crippen LogP contribution in [0, 0.1) is 5.92 Å². The zero-order chi connectivity index (χ0) is 17.3. The Bertz CT molecular complexity index is 749. The SMILES string of the molecule is CC1CCC(C(=O)O)CN1Cc1cn(-c2cccc(Cl)c2Cl)nn1. The Labute approximate surface area is 150 Å². The van der Waals surface area contributed by atoms with Gasteiger partial charge < -0.3 is 5.11 Å². The van der Waals surface area contributed by atoms with E-state index in [9.17, 15) is 9.90 Å². The van der Waals surface area contributed by atoms with E-state index in [4.69, 9.17) is 23.2 Å². The molecule has 1 aromatic heterocycles. The molecule has 2 heterocycles. The van der Waals surface area contributed by atoms with Gasteiger partial charge in [0.2, 0.25) is 0 Å². The standard InChI is InChI=1S/C16H18Cl2N4O2/c1-10-5-6-11(16(23)24)7-21(10)8-12-9-22(20-19-12)14-4-2-3-13(17)15(14)18/h2-4,9-11H,5-8H2,1H3,(H,23,24). The highest BCUT2D eigenvalue weighted by molar-refractivity contribution is 6.43. The fourth-order valence-corrected chi connectivity index (χ4v) is 3.35.